The summed E-state index contributed by atoms with van der Waals surface area (Å²) in [5, 5.41) is 1.09. The van der Waals surface area contributed by atoms with Crippen LogP contribution in [0.5, 0.6) is 0 Å². The summed E-state index contributed by atoms with van der Waals surface area (Å²) in [4.78, 5) is 8.72. The smallest absolute Gasteiger partial charge is 0.143 e. The minimum Gasteiger partial charge on any atom is -0.371 e. The number of benzene rings is 1. The quantitative estimate of drug-likeness (QED) is 0.423. The van der Waals surface area contributed by atoms with Gasteiger partial charge in [0.15, 0.2) is 0 Å². The maximum absolute atomic E-state index is 6.21. The molecule has 2 rings (SSSR count). The summed E-state index contributed by atoms with van der Waals surface area (Å²) >= 11 is 12.1. The maximum atomic E-state index is 6.21. The van der Waals surface area contributed by atoms with Crippen molar-refractivity contribution < 1.29 is 4.74 Å². The summed E-state index contributed by atoms with van der Waals surface area (Å²) in [6.07, 6.45) is 7.17. The minimum atomic E-state index is -0.174. The molecule has 0 fully saturated rings. The third kappa shape index (κ3) is 4.57. The molecule has 2 aromatic rings. The number of unbranched alkanes of at least 4 members (excludes halogenated alkanes) is 1. The number of aromatic nitrogens is 2. The number of hydrogen-bond acceptors (Lipinski definition) is 3. The molecule has 0 radical (unpaired) electrons. The Kier molecular flexibility index (Phi) is 6.43. The highest BCUT2D eigenvalue weighted by Crippen LogP contribution is 2.28. The zero-order valence-corrected chi connectivity index (χ0v) is 14.2. The topological polar surface area (TPSA) is 39.4 Å². The molecule has 1 aromatic heterocycles. The lowest BCUT2D eigenvalue weighted by Crippen LogP contribution is -2.27. The molecule has 1 aromatic carbocycles. The van der Waals surface area contributed by atoms with Gasteiger partial charge in [-0.3, -0.25) is 4.57 Å². The van der Waals surface area contributed by atoms with Crippen LogP contribution in [0.3, 0.4) is 0 Å². The molecule has 0 aliphatic heterocycles. The molecule has 118 valence electrons. The molecule has 1 unspecified atom stereocenters. The van der Waals surface area contributed by atoms with Crippen LogP contribution in [-0.4, -0.2) is 28.1 Å². The molecule has 1 atom stereocenters. The summed E-state index contributed by atoms with van der Waals surface area (Å²) in [6.45, 7) is 4.80. The number of rotatable bonds is 6. The van der Waals surface area contributed by atoms with Crippen LogP contribution in [0.25, 0.3) is 0 Å². The molecule has 0 bridgehead atoms. The third-order valence-corrected chi connectivity index (χ3v) is 3.68. The van der Waals surface area contributed by atoms with E-state index in [1.54, 1.807) is 30.7 Å². The molecule has 6 heteroatoms. The average molecular weight is 340 g/mol. The number of hydrogen-bond donors (Lipinski definition) is 0. The first-order valence-corrected chi connectivity index (χ1v) is 8.01. The van der Waals surface area contributed by atoms with Crippen molar-refractivity contribution in [2.75, 3.05) is 6.61 Å². The highest BCUT2D eigenvalue weighted by molar-refractivity contribution is 6.36. The van der Waals surface area contributed by atoms with Gasteiger partial charge < -0.3 is 4.74 Å². The van der Waals surface area contributed by atoms with Crippen molar-refractivity contribution in [1.29, 1.82) is 0 Å². The van der Waals surface area contributed by atoms with Gasteiger partial charge in [-0.1, -0.05) is 36.5 Å². The van der Waals surface area contributed by atoms with E-state index in [0.29, 0.717) is 22.3 Å². The second kappa shape index (κ2) is 8.32. The molecule has 0 saturated carbocycles. The van der Waals surface area contributed by atoms with E-state index >= 15 is 0 Å². The van der Waals surface area contributed by atoms with Crippen LogP contribution in [-0.2, 0) is 4.74 Å². The zero-order valence-electron chi connectivity index (χ0n) is 12.7. The predicted octanol–water partition coefficient (Wildman–Crippen LogP) is 4.97. The highest BCUT2D eigenvalue weighted by Gasteiger charge is 2.14. The first kappa shape index (κ1) is 17.0. The fourth-order valence-corrected chi connectivity index (χ4v) is 2.38. The van der Waals surface area contributed by atoms with Crippen LogP contribution >= 0.6 is 23.2 Å². The highest BCUT2D eigenvalue weighted by atomic mass is 35.5. The van der Waals surface area contributed by atoms with E-state index in [1.165, 1.54) is 0 Å². The Balaban J connectivity index is 2.29. The van der Waals surface area contributed by atoms with E-state index in [2.05, 4.69) is 16.9 Å². The van der Waals surface area contributed by atoms with Gasteiger partial charge in [0.05, 0.1) is 10.7 Å². The number of imidazole rings is 1. The van der Waals surface area contributed by atoms with Gasteiger partial charge in [0.2, 0.25) is 0 Å². The van der Waals surface area contributed by atoms with Crippen molar-refractivity contribution in [2.45, 2.75) is 32.8 Å². The molecule has 0 N–H and O–H groups in total. The van der Waals surface area contributed by atoms with Gasteiger partial charge in [0.1, 0.15) is 18.3 Å². The van der Waals surface area contributed by atoms with E-state index < -0.39 is 0 Å². The molecule has 0 saturated heterocycles. The van der Waals surface area contributed by atoms with Gasteiger partial charge in [-0.15, -0.1) is 0 Å². The van der Waals surface area contributed by atoms with Gasteiger partial charge in [0, 0.05) is 24.0 Å². The van der Waals surface area contributed by atoms with Gasteiger partial charge in [-0.05, 0) is 31.5 Å². The first-order chi connectivity index (χ1) is 10.6. The van der Waals surface area contributed by atoms with Crippen molar-refractivity contribution >= 4 is 34.7 Å². The van der Waals surface area contributed by atoms with E-state index in [-0.39, 0.29) is 6.10 Å². The van der Waals surface area contributed by atoms with Crippen molar-refractivity contribution in [3.63, 3.8) is 0 Å². The van der Waals surface area contributed by atoms with Gasteiger partial charge in [-0.2, -0.15) is 0 Å². The second-order valence-corrected chi connectivity index (χ2v) is 5.75. The van der Waals surface area contributed by atoms with Crippen LogP contribution in [0.2, 0.25) is 10.0 Å². The first-order valence-electron chi connectivity index (χ1n) is 7.25. The van der Waals surface area contributed by atoms with Gasteiger partial charge in [-0.25, -0.2) is 9.98 Å². The lowest BCUT2D eigenvalue weighted by atomic mass is 10.3. The number of nitrogens with zero attached hydrogens (tertiary/aromatic N) is 3. The van der Waals surface area contributed by atoms with Crippen LogP contribution in [0.1, 0.15) is 26.7 Å². The second-order valence-electron chi connectivity index (χ2n) is 4.90. The van der Waals surface area contributed by atoms with Crippen molar-refractivity contribution in [3.05, 3.63) is 47.0 Å². The summed E-state index contributed by atoms with van der Waals surface area (Å²) < 4.78 is 7.69. The Labute approximate surface area is 140 Å². The van der Waals surface area contributed by atoms with Crippen LogP contribution in [0.4, 0.5) is 5.69 Å². The normalized spacial score (nSPS) is 13.4. The van der Waals surface area contributed by atoms with Crippen LogP contribution < -0.4 is 0 Å². The molecule has 1 heterocycles. The molecule has 0 aliphatic carbocycles. The molecular formula is C16H19Cl2N3O. The van der Waals surface area contributed by atoms with E-state index in [4.69, 9.17) is 27.9 Å². The Hall–Kier alpha value is -1.36. The van der Waals surface area contributed by atoms with Crippen molar-refractivity contribution in [2.24, 2.45) is 4.99 Å². The Morgan fingerprint density at radius 2 is 2.23 bits per heavy atom. The van der Waals surface area contributed by atoms with E-state index in [1.807, 2.05) is 17.7 Å². The van der Waals surface area contributed by atoms with Crippen molar-refractivity contribution in [1.82, 2.24) is 9.55 Å². The Bertz CT molecular complexity index is 626. The SMILES string of the molecule is CCCCOC(C)C(=Nc1ccc(Cl)cc1Cl)n1ccnc1. The fourth-order valence-electron chi connectivity index (χ4n) is 1.93. The Morgan fingerprint density at radius 1 is 1.41 bits per heavy atom. The van der Waals surface area contributed by atoms with E-state index in [9.17, 15) is 0 Å². The van der Waals surface area contributed by atoms with Gasteiger partial charge >= 0.3 is 0 Å². The third-order valence-electron chi connectivity index (χ3n) is 3.14. The van der Waals surface area contributed by atoms with Crippen molar-refractivity contribution in [3.8, 4) is 0 Å². The lowest BCUT2D eigenvalue weighted by Gasteiger charge is -2.17. The minimum absolute atomic E-state index is 0.174. The standard InChI is InChI=1S/C16H19Cl2N3O/c1-3-4-9-22-12(2)16(21-8-7-19-11-21)20-15-6-5-13(17)10-14(15)18/h5-8,10-12H,3-4,9H2,1-2H3. The van der Waals surface area contributed by atoms with E-state index in [0.717, 1.165) is 18.7 Å². The maximum Gasteiger partial charge on any atom is 0.143 e. The summed E-state index contributed by atoms with van der Waals surface area (Å²) in [5.74, 6) is 0.734. The average Bonchev–Trinajstić information content (AvgIpc) is 3.00. The molecular weight excluding hydrogens is 321 g/mol. The predicted molar refractivity (Wildman–Crippen MR) is 91.5 cm³/mol. The number of halogens is 2. The molecule has 22 heavy (non-hydrogen) atoms. The molecule has 0 aliphatic rings. The fraction of sp³-hybridized carbons (Fsp3) is 0.375. The summed E-state index contributed by atoms with van der Waals surface area (Å²) in [6, 6.07) is 5.23. The molecule has 4 nitrogen and oxygen atoms in total. The molecule has 0 spiro atoms. The number of ether oxygens (including phenoxy) is 1. The summed E-state index contributed by atoms with van der Waals surface area (Å²) in [7, 11) is 0. The zero-order chi connectivity index (χ0) is 15.9. The number of aliphatic imine (C=N–C) groups is 1. The monoisotopic (exact) mass is 339 g/mol. The summed E-state index contributed by atoms with van der Waals surface area (Å²) in [5.41, 5.74) is 0.653. The lowest BCUT2D eigenvalue weighted by molar-refractivity contribution is 0.105. The van der Waals surface area contributed by atoms with Crippen LogP contribution in [0, 0.1) is 0 Å². The van der Waals surface area contributed by atoms with Crippen LogP contribution in [0.15, 0.2) is 41.9 Å². The Morgan fingerprint density at radius 3 is 2.86 bits per heavy atom. The largest absolute Gasteiger partial charge is 0.371 e. The molecule has 0 amide bonds. The van der Waals surface area contributed by atoms with Gasteiger partial charge in [0.25, 0.3) is 0 Å².